The fourth-order valence-electron chi connectivity index (χ4n) is 2.96. The average molecular weight is 361 g/mol. The molecule has 0 saturated carbocycles. The minimum Gasteiger partial charge on any atom is -0.496 e. The summed E-state index contributed by atoms with van der Waals surface area (Å²) < 4.78 is 13.3. The van der Waals surface area contributed by atoms with Crippen molar-refractivity contribution < 1.29 is 9.47 Å². The lowest BCUT2D eigenvalue weighted by molar-refractivity contribution is 0.295. The first-order valence-corrected chi connectivity index (χ1v) is 8.70. The highest BCUT2D eigenvalue weighted by atomic mass is 16.5. The topological polar surface area (TPSA) is 48.3 Å². The van der Waals surface area contributed by atoms with Gasteiger partial charge in [0, 0.05) is 24.5 Å². The van der Waals surface area contributed by atoms with Gasteiger partial charge in [-0.2, -0.15) is 5.10 Å². The van der Waals surface area contributed by atoms with E-state index in [2.05, 4.69) is 22.4 Å². The number of anilines is 1. The molecular formula is C22H23N3O2. The van der Waals surface area contributed by atoms with Gasteiger partial charge in [0.15, 0.2) is 0 Å². The number of rotatable bonds is 7. The Labute approximate surface area is 159 Å². The standard InChI is InChI=1S/C22H23N3O2/c1-5-12-25-13-11-19(24-25)17-9-10-21(16(2)14-17)27-15-18-20(23-3)7-6-8-22(18)26-4/h1,6-11,13-14,23H,12,15H2,2-4H3. The summed E-state index contributed by atoms with van der Waals surface area (Å²) in [5.41, 5.74) is 4.94. The molecule has 3 rings (SSSR count). The van der Waals surface area contributed by atoms with Crippen molar-refractivity contribution in [2.45, 2.75) is 20.1 Å². The summed E-state index contributed by atoms with van der Waals surface area (Å²) in [6.45, 7) is 2.91. The Hall–Kier alpha value is -3.39. The van der Waals surface area contributed by atoms with Crippen LogP contribution in [0.25, 0.3) is 11.3 Å². The van der Waals surface area contributed by atoms with Crippen molar-refractivity contribution in [3.63, 3.8) is 0 Å². The number of hydrogen-bond donors (Lipinski definition) is 1. The number of methoxy groups -OCH3 is 1. The molecule has 2 aromatic carbocycles. The van der Waals surface area contributed by atoms with Crippen LogP contribution in [-0.2, 0) is 13.2 Å². The van der Waals surface area contributed by atoms with E-state index in [0.717, 1.165) is 39.6 Å². The second kappa shape index (κ2) is 8.33. The van der Waals surface area contributed by atoms with E-state index >= 15 is 0 Å². The zero-order valence-corrected chi connectivity index (χ0v) is 15.8. The average Bonchev–Trinajstić information content (AvgIpc) is 3.15. The maximum atomic E-state index is 6.07. The molecule has 0 spiro atoms. The predicted molar refractivity (Wildman–Crippen MR) is 108 cm³/mol. The molecule has 0 aliphatic carbocycles. The summed E-state index contributed by atoms with van der Waals surface area (Å²) in [6, 6.07) is 13.9. The number of nitrogens with one attached hydrogen (secondary N) is 1. The van der Waals surface area contributed by atoms with Crippen molar-refractivity contribution in [3.8, 4) is 35.1 Å². The van der Waals surface area contributed by atoms with E-state index in [-0.39, 0.29) is 0 Å². The molecule has 0 radical (unpaired) electrons. The molecule has 0 unspecified atom stereocenters. The second-order valence-electron chi connectivity index (χ2n) is 6.11. The van der Waals surface area contributed by atoms with Crippen molar-refractivity contribution in [2.24, 2.45) is 0 Å². The minimum absolute atomic E-state index is 0.414. The zero-order chi connectivity index (χ0) is 19.2. The third-order valence-electron chi connectivity index (χ3n) is 4.36. The van der Waals surface area contributed by atoms with Crippen molar-refractivity contribution in [1.82, 2.24) is 9.78 Å². The van der Waals surface area contributed by atoms with Crippen LogP contribution in [0, 0.1) is 19.3 Å². The third-order valence-corrected chi connectivity index (χ3v) is 4.36. The molecule has 1 N–H and O–H groups in total. The number of aromatic nitrogens is 2. The van der Waals surface area contributed by atoms with E-state index in [1.807, 2.05) is 56.6 Å². The maximum Gasteiger partial charge on any atom is 0.127 e. The van der Waals surface area contributed by atoms with Crippen LogP contribution in [0.1, 0.15) is 11.1 Å². The van der Waals surface area contributed by atoms with Gasteiger partial charge in [0.2, 0.25) is 0 Å². The summed E-state index contributed by atoms with van der Waals surface area (Å²) in [6.07, 6.45) is 7.22. The molecule has 3 aromatic rings. The van der Waals surface area contributed by atoms with Crippen LogP contribution >= 0.6 is 0 Å². The van der Waals surface area contributed by atoms with E-state index in [1.54, 1.807) is 11.8 Å². The molecule has 0 fully saturated rings. The Morgan fingerprint density at radius 3 is 2.74 bits per heavy atom. The smallest absolute Gasteiger partial charge is 0.127 e. The fraction of sp³-hybridized carbons (Fsp3) is 0.227. The lowest BCUT2D eigenvalue weighted by Crippen LogP contribution is -2.04. The van der Waals surface area contributed by atoms with E-state index in [0.29, 0.717) is 13.2 Å². The van der Waals surface area contributed by atoms with Crippen molar-refractivity contribution >= 4 is 5.69 Å². The number of ether oxygens (including phenoxy) is 2. The molecule has 27 heavy (non-hydrogen) atoms. The Kier molecular flexibility index (Phi) is 5.68. The van der Waals surface area contributed by atoms with Crippen molar-refractivity contribution in [3.05, 3.63) is 59.8 Å². The summed E-state index contributed by atoms with van der Waals surface area (Å²) in [5.74, 6) is 4.21. The molecule has 5 nitrogen and oxygen atoms in total. The molecule has 0 bridgehead atoms. The quantitative estimate of drug-likeness (QED) is 0.643. The van der Waals surface area contributed by atoms with Gasteiger partial charge in [-0.15, -0.1) is 6.42 Å². The first kappa shape index (κ1) is 18.4. The van der Waals surface area contributed by atoms with Crippen LogP contribution < -0.4 is 14.8 Å². The monoisotopic (exact) mass is 361 g/mol. The van der Waals surface area contributed by atoms with Gasteiger partial charge in [0.25, 0.3) is 0 Å². The summed E-state index contributed by atoms with van der Waals surface area (Å²) >= 11 is 0. The number of terminal acetylenes is 1. The maximum absolute atomic E-state index is 6.07. The van der Waals surface area contributed by atoms with Crippen molar-refractivity contribution in [1.29, 1.82) is 0 Å². The highest BCUT2D eigenvalue weighted by molar-refractivity contribution is 5.62. The molecule has 5 heteroatoms. The number of hydrogen-bond acceptors (Lipinski definition) is 4. The Morgan fingerprint density at radius 1 is 1.19 bits per heavy atom. The molecule has 0 aliphatic rings. The predicted octanol–water partition coefficient (Wildman–Crippen LogP) is 4.12. The van der Waals surface area contributed by atoms with Gasteiger partial charge >= 0.3 is 0 Å². The van der Waals surface area contributed by atoms with E-state index in [9.17, 15) is 0 Å². The lowest BCUT2D eigenvalue weighted by Gasteiger charge is -2.16. The van der Waals surface area contributed by atoms with Gasteiger partial charge in [-0.3, -0.25) is 4.68 Å². The lowest BCUT2D eigenvalue weighted by atomic mass is 10.1. The van der Waals surface area contributed by atoms with Crippen molar-refractivity contribution in [2.75, 3.05) is 19.5 Å². The van der Waals surface area contributed by atoms with Crippen LogP contribution in [0.15, 0.2) is 48.7 Å². The van der Waals surface area contributed by atoms with Crippen LogP contribution in [0.4, 0.5) is 5.69 Å². The molecular weight excluding hydrogens is 338 g/mol. The van der Waals surface area contributed by atoms with Crippen LogP contribution in [0.3, 0.4) is 0 Å². The Morgan fingerprint density at radius 2 is 2.04 bits per heavy atom. The highest BCUT2D eigenvalue weighted by Gasteiger charge is 2.11. The van der Waals surface area contributed by atoms with Gasteiger partial charge in [0.05, 0.1) is 18.4 Å². The first-order valence-electron chi connectivity index (χ1n) is 8.70. The van der Waals surface area contributed by atoms with Crippen LogP contribution in [-0.4, -0.2) is 23.9 Å². The third kappa shape index (κ3) is 4.06. The van der Waals surface area contributed by atoms with E-state index < -0.39 is 0 Å². The summed E-state index contributed by atoms with van der Waals surface area (Å²) in [7, 11) is 3.55. The molecule has 0 atom stereocenters. The highest BCUT2D eigenvalue weighted by Crippen LogP contribution is 2.30. The second-order valence-corrected chi connectivity index (χ2v) is 6.11. The largest absolute Gasteiger partial charge is 0.496 e. The van der Waals surface area contributed by atoms with Gasteiger partial charge < -0.3 is 14.8 Å². The van der Waals surface area contributed by atoms with Crippen LogP contribution in [0.5, 0.6) is 11.5 Å². The molecule has 138 valence electrons. The van der Waals surface area contributed by atoms with Gasteiger partial charge in [0.1, 0.15) is 24.7 Å². The Bertz CT molecular complexity index is 948. The summed E-state index contributed by atoms with van der Waals surface area (Å²) in [4.78, 5) is 0. The molecule has 1 aromatic heterocycles. The van der Waals surface area contributed by atoms with E-state index in [1.165, 1.54) is 0 Å². The molecule has 0 saturated heterocycles. The van der Waals surface area contributed by atoms with Gasteiger partial charge in [-0.1, -0.05) is 12.0 Å². The first-order chi connectivity index (χ1) is 13.2. The fourth-order valence-corrected chi connectivity index (χ4v) is 2.96. The normalized spacial score (nSPS) is 10.3. The van der Waals surface area contributed by atoms with Gasteiger partial charge in [-0.05, 0) is 48.9 Å². The summed E-state index contributed by atoms with van der Waals surface area (Å²) in [5, 5.41) is 7.67. The number of nitrogens with zero attached hydrogens (tertiary/aromatic N) is 2. The van der Waals surface area contributed by atoms with Gasteiger partial charge in [-0.25, -0.2) is 0 Å². The number of aryl methyl sites for hydroxylation is 1. The molecule has 0 amide bonds. The molecule has 0 aliphatic heterocycles. The zero-order valence-electron chi connectivity index (χ0n) is 15.8. The van der Waals surface area contributed by atoms with Crippen LogP contribution in [0.2, 0.25) is 0 Å². The Balaban J connectivity index is 1.78. The minimum atomic E-state index is 0.414. The van der Waals surface area contributed by atoms with E-state index in [4.69, 9.17) is 15.9 Å². The SMILES string of the molecule is C#CCn1ccc(-c2ccc(OCc3c(NC)cccc3OC)c(C)c2)n1. The molecule has 1 heterocycles. The number of benzene rings is 2.